The van der Waals surface area contributed by atoms with Crippen molar-refractivity contribution < 1.29 is 9.18 Å². The molecule has 21 heavy (non-hydrogen) atoms. The third-order valence-electron chi connectivity index (χ3n) is 3.59. The molecule has 2 N–H and O–H groups in total. The van der Waals surface area contributed by atoms with Gasteiger partial charge < -0.3 is 10.6 Å². The van der Waals surface area contributed by atoms with Crippen LogP contribution in [0.15, 0.2) is 36.4 Å². The molecule has 1 aliphatic rings. The third-order valence-corrected chi connectivity index (χ3v) is 3.88. The molecule has 108 valence electrons. The SMILES string of the molecule is O=C(Nc1cccc2c1CNCC2)c1cccc(Cl)c1F. The van der Waals surface area contributed by atoms with Gasteiger partial charge in [-0.2, -0.15) is 0 Å². The number of amides is 1. The molecule has 2 aromatic rings. The number of rotatable bonds is 2. The van der Waals surface area contributed by atoms with Crippen molar-refractivity contribution in [2.24, 2.45) is 0 Å². The topological polar surface area (TPSA) is 41.1 Å². The lowest BCUT2D eigenvalue weighted by molar-refractivity contribution is 0.102. The molecule has 5 heteroatoms. The van der Waals surface area contributed by atoms with Gasteiger partial charge in [-0.05, 0) is 42.3 Å². The van der Waals surface area contributed by atoms with E-state index < -0.39 is 11.7 Å². The zero-order valence-electron chi connectivity index (χ0n) is 11.2. The largest absolute Gasteiger partial charge is 0.322 e. The summed E-state index contributed by atoms with van der Waals surface area (Å²) in [5.41, 5.74) is 2.92. The van der Waals surface area contributed by atoms with Crippen molar-refractivity contribution in [3.05, 3.63) is 63.9 Å². The molecule has 0 unspecified atom stereocenters. The lowest BCUT2D eigenvalue weighted by Gasteiger charge is -2.20. The maximum atomic E-state index is 13.9. The van der Waals surface area contributed by atoms with Crippen molar-refractivity contribution in [3.63, 3.8) is 0 Å². The van der Waals surface area contributed by atoms with Gasteiger partial charge in [0, 0.05) is 12.2 Å². The molecular formula is C16H14ClFN2O. The fourth-order valence-corrected chi connectivity index (χ4v) is 2.67. The highest BCUT2D eigenvalue weighted by Gasteiger charge is 2.17. The first-order valence-corrected chi connectivity index (χ1v) is 7.11. The van der Waals surface area contributed by atoms with E-state index in [1.54, 1.807) is 6.07 Å². The number of anilines is 1. The molecule has 1 heterocycles. The first-order chi connectivity index (χ1) is 10.2. The second-order valence-electron chi connectivity index (χ2n) is 4.93. The first-order valence-electron chi connectivity index (χ1n) is 6.73. The smallest absolute Gasteiger partial charge is 0.258 e. The maximum absolute atomic E-state index is 13.9. The molecule has 0 saturated carbocycles. The normalized spacial score (nSPS) is 13.6. The van der Waals surface area contributed by atoms with E-state index in [1.165, 1.54) is 17.7 Å². The van der Waals surface area contributed by atoms with Gasteiger partial charge in [0.25, 0.3) is 5.91 Å². The Morgan fingerprint density at radius 1 is 1.24 bits per heavy atom. The minimum Gasteiger partial charge on any atom is -0.322 e. The molecular weight excluding hydrogens is 291 g/mol. The predicted molar refractivity (Wildman–Crippen MR) is 81.2 cm³/mol. The van der Waals surface area contributed by atoms with Crippen LogP contribution in [-0.4, -0.2) is 12.5 Å². The van der Waals surface area contributed by atoms with Crippen molar-refractivity contribution in [2.45, 2.75) is 13.0 Å². The summed E-state index contributed by atoms with van der Waals surface area (Å²) in [5.74, 6) is -1.19. The maximum Gasteiger partial charge on any atom is 0.258 e. The quantitative estimate of drug-likeness (QED) is 0.893. The Balaban J connectivity index is 1.90. The van der Waals surface area contributed by atoms with Crippen LogP contribution in [0.5, 0.6) is 0 Å². The van der Waals surface area contributed by atoms with Gasteiger partial charge in [-0.15, -0.1) is 0 Å². The molecule has 0 bridgehead atoms. The summed E-state index contributed by atoms with van der Waals surface area (Å²) >= 11 is 5.71. The predicted octanol–water partition coefficient (Wildman–Crippen LogP) is 3.38. The van der Waals surface area contributed by atoms with Crippen molar-refractivity contribution in [2.75, 3.05) is 11.9 Å². The van der Waals surface area contributed by atoms with E-state index in [9.17, 15) is 9.18 Å². The summed E-state index contributed by atoms with van der Waals surface area (Å²) in [7, 11) is 0. The monoisotopic (exact) mass is 304 g/mol. The Kier molecular flexibility index (Phi) is 3.90. The van der Waals surface area contributed by atoms with Crippen LogP contribution < -0.4 is 10.6 Å². The minimum absolute atomic E-state index is 0.0520. The Bertz CT molecular complexity index is 703. The average Bonchev–Trinajstić information content (AvgIpc) is 2.50. The van der Waals surface area contributed by atoms with E-state index in [1.807, 2.05) is 18.2 Å². The van der Waals surface area contributed by atoms with Gasteiger partial charge in [-0.3, -0.25) is 4.79 Å². The molecule has 3 rings (SSSR count). The number of fused-ring (bicyclic) bond motifs is 1. The van der Waals surface area contributed by atoms with Crippen molar-refractivity contribution in [3.8, 4) is 0 Å². The number of carbonyl (C=O) groups is 1. The standard InChI is InChI=1S/C16H14ClFN2O/c17-13-5-2-4-11(15(13)18)16(21)20-14-6-1-3-10-7-8-19-9-12(10)14/h1-6,19H,7-9H2,(H,20,21). The summed E-state index contributed by atoms with van der Waals surface area (Å²) in [6, 6.07) is 10.2. The zero-order valence-corrected chi connectivity index (χ0v) is 12.0. The summed E-state index contributed by atoms with van der Waals surface area (Å²) in [6.45, 7) is 1.62. The highest BCUT2D eigenvalue weighted by molar-refractivity contribution is 6.31. The molecule has 1 amide bonds. The molecule has 3 nitrogen and oxygen atoms in total. The van der Waals surface area contributed by atoms with Gasteiger partial charge in [-0.25, -0.2) is 4.39 Å². The van der Waals surface area contributed by atoms with Crippen molar-refractivity contribution in [1.82, 2.24) is 5.32 Å². The van der Waals surface area contributed by atoms with E-state index in [4.69, 9.17) is 11.6 Å². The summed E-state index contributed by atoms with van der Waals surface area (Å²) in [5, 5.41) is 5.99. The van der Waals surface area contributed by atoms with E-state index in [0.29, 0.717) is 12.2 Å². The second kappa shape index (κ2) is 5.84. The van der Waals surface area contributed by atoms with Gasteiger partial charge in [-0.1, -0.05) is 29.8 Å². The van der Waals surface area contributed by atoms with Crippen LogP contribution in [0, 0.1) is 5.82 Å². The lowest BCUT2D eigenvalue weighted by Crippen LogP contribution is -2.25. The molecule has 1 aliphatic heterocycles. The molecule has 0 atom stereocenters. The third kappa shape index (κ3) is 2.77. The zero-order chi connectivity index (χ0) is 14.8. The molecule has 0 saturated heterocycles. The molecule has 0 aliphatic carbocycles. The van der Waals surface area contributed by atoms with Crippen LogP contribution in [-0.2, 0) is 13.0 Å². The minimum atomic E-state index is -0.695. The van der Waals surface area contributed by atoms with Crippen molar-refractivity contribution >= 4 is 23.2 Å². The molecule has 0 radical (unpaired) electrons. The fourth-order valence-electron chi connectivity index (χ4n) is 2.50. The van der Waals surface area contributed by atoms with Gasteiger partial charge in [0.15, 0.2) is 5.82 Å². The molecule has 2 aromatic carbocycles. The Morgan fingerprint density at radius 3 is 2.90 bits per heavy atom. The van der Waals surface area contributed by atoms with Crippen LogP contribution in [0.1, 0.15) is 21.5 Å². The second-order valence-corrected chi connectivity index (χ2v) is 5.33. The number of halogens is 2. The lowest BCUT2D eigenvalue weighted by atomic mass is 9.99. The van der Waals surface area contributed by atoms with E-state index in [-0.39, 0.29) is 10.6 Å². The number of benzene rings is 2. The van der Waals surface area contributed by atoms with Gasteiger partial charge >= 0.3 is 0 Å². The summed E-state index contributed by atoms with van der Waals surface area (Å²) in [6.07, 6.45) is 0.921. The number of hydrogen-bond acceptors (Lipinski definition) is 2. The first kappa shape index (κ1) is 14.0. The van der Waals surface area contributed by atoms with Crippen LogP contribution >= 0.6 is 11.6 Å². The van der Waals surface area contributed by atoms with Crippen molar-refractivity contribution in [1.29, 1.82) is 0 Å². The number of carbonyl (C=O) groups excluding carboxylic acids is 1. The molecule has 0 aromatic heterocycles. The molecule has 0 spiro atoms. The fraction of sp³-hybridized carbons (Fsp3) is 0.188. The van der Waals surface area contributed by atoms with Gasteiger partial charge in [0.05, 0.1) is 10.6 Å². The van der Waals surface area contributed by atoms with Crippen LogP contribution in [0.25, 0.3) is 0 Å². The van der Waals surface area contributed by atoms with Crippen LogP contribution in [0.3, 0.4) is 0 Å². The summed E-state index contributed by atoms with van der Waals surface area (Å²) in [4.78, 5) is 12.2. The van der Waals surface area contributed by atoms with Gasteiger partial charge in [0.2, 0.25) is 0 Å². The highest BCUT2D eigenvalue weighted by atomic mass is 35.5. The van der Waals surface area contributed by atoms with E-state index in [2.05, 4.69) is 10.6 Å². The van der Waals surface area contributed by atoms with Crippen LogP contribution in [0.4, 0.5) is 10.1 Å². The van der Waals surface area contributed by atoms with Gasteiger partial charge in [0.1, 0.15) is 0 Å². The molecule has 0 fully saturated rings. The Morgan fingerprint density at radius 2 is 2.05 bits per heavy atom. The van der Waals surface area contributed by atoms with Crippen LogP contribution in [0.2, 0.25) is 5.02 Å². The number of hydrogen-bond donors (Lipinski definition) is 2. The average molecular weight is 305 g/mol. The van der Waals surface area contributed by atoms with E-state index >= 15 is 0 Å². The Hall–Kier alpha value is -1.91. The highest BCUT2D eigenvalue weighted by Crippen LogP contribution is 2.24. The summed E-state index contributed by atoms with van der Waals surface area (Å²) < 4.78 is 13.9. The van der Waals surface area contributed by atoms with E-state index in [0.717, 1.165) is 18.5 Å². The number of nitrogens with one attached hydrogen (secondary N) is 2. The Labute approximate surface area is 127 Å².